The lowest BCUT2D eigenvalue weighted by Crippen LogP contribution is -2.37. The van der Waals surface area contributed by atoms with Gasteiger partial charge in [0.15, 0.2) is 0 Å². The van der Waals surface area contributed by atoms with Crippen LogP contribution in [0.1, 0.15) is 27.2 Å². The van der Waals surface area contributed by atoms with Crippen LogP contribution in [0, 0.1) is 0 Å². The van der Waals surface area contributed by atoms with Gasteiger partial charge in [0.1, 0.15) is 6.61 Å². The van der Waals surface area contributed by atoms with Crippen LogP contribution in [0.5, 0.6) is 0 Å². The van der Waals surface area contributed by atoms with E-state index in [1.165, 1.54) is 0 Å². The highest BCUT2D eigenvalue weighted by Crippen LogP contribution is 2.14. The molecule has 0 aliphatic carbocycles. The lowest BCUT2D eigenvalue weighted by Gasteiger charge is -2.27. The third-order valence-electron chi connectivity index (χ3n) is 2.19. The van der Waals surface area contributed by atoms with E-state index >= 15 is 0 Å². The zero-order valence-corrected chi connectivity index (χ0v) is 10.0. The third kappa shape index (κ3) is 8.20. The summed E-state index contributed by atoms with van der Waals surface area (Å²) in [4.78, 5) is 10.3. The van der Waals surface area contributed by atoms with E-state index < -0.39 is 6.09 Å². The molecule has 0 aliphatic rings. The predicted molar refractivity (Wildman–Crippen MR) is 58.7 cm³/mol. The van der Waals surface area contributed by atoms with Crippen molar-refractivity contribution in [2.75, 3.05) is 20.3 Å². The van der Waals surface area contributed by atoms with Crippen molar-refractivity contribution in [3.63, 3.8) is 0 Å². The molecule has 0 radical (unpaired) electrons. The molecule has 3 N–H and O–H groups in total. The second kappa shape index (κ2) is 6.63. The normalized spacial score (nSPS) is 13.6. The summed E-state index contributed by atoms with van der Waals surface area (Å²) in [5.74, 6) is 0. The minimum atomic E-state index is -0.735. The average molecular weight is 218 g/mol. The largest absolute Gasteiger partial charge is 0.448 e. The van der Waals surface area contributed by atoms with Crippen LogP contribution >= 0.6 is 0 Å². The summed E-state index contributed by atoms with van der Waals surface area (Å²) in [5, 5.41) is 3.22. The monoisotopic (exact) mass is 218 g/mol. The predicted octanol–water partition coefficient (Wildman–Crippen LogP) is 0.875. The zero-order chi connectivity index (χ0) is 11.9. The quantitative estimate of drug-likeness (QED) is 0.622. The summed E-state index contributed by atoms with van der Waals surface area (Å²) in [5.41, 5.74) is 4.68. The van der Waals surface area contributed by atoms with Crippen LogP contribution < -0.4 is 11.1 Å². The molecule has 0 aromatic carbocycles. The Morgan fingerprint density at radius 1 is 1.53 bits per heavy atom. The topological polar surface area (TPSA) is 73.6 Å². The van der Waals surface area contributed by atoms with Gasteiger partial charge in [-0.05, 0) is 27.2 Å². The first-order chi connectivity index (χ1) is 6.87. The summed E-state index contributed by atoms with van der Waals surface area (Å²) in [6.45, 7) is 7.03. The van der Waals surface area contributed by atoms with Crippen molar-refractivity contribution in [3.8, 4) is 0 Å². The minimum Gasteiger partial charge on any atom is -0.448 e. The van der Waals surface area contributed by atoms with Crippen LogP contribution in [0.15, 0.2) is 0 Å². The maximum atomic E-state index is 10.3. The molecule has 1 amide bonds. The van der Waals surface area contributed by atoms with Crippen molar-refractivity contribution in [3.05, 3.63) is 0 Å². The fraction of sp³-hybridized carbons (Fsp3) is 0.900. The van der Waals surface area contributed by atoms with Crippen LogP contribution in [0.4, 0.5) is 4.79 Å². The first-order valence-corrected chi connectivity index (χ1v) is 5.08. The van der Waals surface area contributed by atoms with Gasteiger partial charge in [0.2, 0.25) is 0 Å². The van der Waals surface area contributed by atoms with E-state index in [0.717, 1.165) is 6.42 Å². The minimum absolute atomic E-state index is 0.142. The Bertz CT molecular complexity index is 195. The standard InChI is InChI=1S/C10H22N2O3/c1-8(7-10(2,3)14-4)12-5-6-15-9(11)13/h8,12H,5-7H2,1-4H3,(H2,11,13). The smallest absolute Gasteiger partial charge is 0.404 e. The van der Waals surface area contributed by atoms with Gasteiger partial charge in [-0.2, -0.15) is 0 Å². The summed E-state index contributed by atoms with van der Waals surface area (Å²) >= 11 is 0. The Morgan fingerprint density at radius 3 is 2.60 bits per heavy atom. The van der Waals surface area contributed by atoms with E-state index in [-0.39, 0.29) is 5.60 Å². The van der Waals surface area contributed by atoms with Gasteiger partial charge in [0, 0.05) is 19.7 Å². The first kappa shape index (κ1) is 14.2. The van der Waals surface area contributed by atoms with Crippen LogP contribution in [0.3, 0.4) is 0 Å². The van der Waals surface area contributed by atoms with Crippen molar-refractivity contribution in [2.24, 2.45) is 5.73 Å². The number of amides is 1. The number of carbonyl (C=O) groups excluding carboxylic acids is 1. The number of carbonyl (C=O) groups is 1. The highest BCUT2D eigenvalue weighted by atomic mass is 16.5. The Morgan fingerprint density at radius 2 is 2.13 bits per heavy atom. The Labute approximate surface area is 91.3 Å². The Kier molecular flexibility index (Phi) is 6.27. The van der Waals surface area contributed by atoms with Gasteiger partial charge in [-0.1, -0.05) is 0 Å². The lowest BCUT2D eigenvalue weighted by atomic mass is 10.00. The number of methoxy groups -OCH3 is 1. The fourth-order valence-corrected chi connectivity index (χ4v) is 1.35. The molecular weight excluding hydrogens is 196 g/mol. The van der Waals surface area contributed by atoms with E-state index in [1.54, 1.807) is 7.11 Å². The van der Waals surface area contributed by atoms with E-state index in [0.29, 0.717) is 19.2 Å². The molecule has 1 atom stereocenters. The average Bonchev–Trinajstić information content (AvgIpc) is 2.11. The molecule has 0 rings (SSSR count). The van der Waals surface area contributed by atoms with E-state index in [4.69, 9.17) is 10.5 Å². The summed E-state index contributed by atoms with van der Waals surface area (Å²) in [7, 11) is 1.70. The number of ether oxygens (including phenoxy) is 2. The SMILES string of the molecule is COC(C)(C)CC(C)NCCOC(N)=O. The van der Waals surface area contributed by atoms with Gasteiger partial charge >= 0.3 is 6.09 Å². The van der Waals surface area contributed by atoms with Gasteiger partial charge in [0.25, 0.3) is 0 Å². The number of hydrogen-bond acceptors (Lipinski definition) is 4. The van der Waals surface area contributed by atoms with Gasteiger partial charge < -0.3 is 20.5 Å². The molecule has 5 nitrogen and oxygen atoms in total. The molecule has 0 aromatic rings. The number of nitrogens with one attached hydrogen (secondary N) is 1. The summed E-state index contributed by atoms with van der Waals surface area (Å²) in [6.07, 6.45) is 0.154. The first-order valence-electron chi connectivity index (χ1n) is 5.08. The molecular formula is C10H22N2O3. The van der Waals surface area contributed by atoms with Crippen LogP contribution in [-0.4, -0.2) is 38.0 Å². The van der Waals surface area contributed by atoms with Crippen molar-refractivity contribution in [2.45, 2.75) is 38.8 Å². The van der Waals surface area contributed by atoms with Crippen molar-refractivity contribution in [1.29, 1.82) is 0 Å². The van der Waals surface area contributed by atoms with E-state index in [1.807, 2.05) is 13.8 Å². The molecule has 0 fully saturated rings. The third-order valence-corrected chi connectivity index (χ3v) is 2.19. The van der Waals surface area contributed by atoms with Crippen LogP contribution in [0.25, 0.3) is 0 Å². The summed E-state index contributed by atoms with van der Waals surface area (Å²) < 4.78 is 9.90. The van der Waals surface area contributed by atoms with E-state index in [9.17, 15) is 4.79 Å². The molecule has 5 heteroatoms. The van der Waals surface area contributed by atoms with Gasteiger partial charge in [-0.3, -0.25) is 0 Å². The van der Waals surface area contributed by atoms with Crippen molar-refractivity contribution in [1.82, 2.24) is 5.32 Å². The molecule has 1 unspecified atom stereocenters. The number of rotatable bonds is 7. The van der Waals surface area contributed by atoms with E-state index in [2.05, 4.69) is 17.0 Å². The van der Waals surface area contributed by atoms with Crippen LogP contribution in [0.2, 0.25) is 0 Å². The summed E-state index contributed by atoms with van der Waals surface area (Å²) in [6, 6.07) is 0.302. The molecule has 90 valence electrons. The highest BCUT2D eigenvalue weighted by molar-refractivity contribution is 5.64. The molecule has 0 saturated carbocycles. The molecule has 15 heavy (non-hydrogen) atoms. The fourth-order valence-electron chi connectivity index (χ4n) is 1.35. The van der Waals surface area contributed by atoms with Gasteiger partial charge in [-0.15, -0.1) is 0 Å². The van der Waals surface area contributed by atoms with Gasteiger partial charge in [0.05, 0.1) is 5.60 Å². The Hall–Kier alpha value is -0.810. The molecule has 0 saturated heterocycles. The second-order valence-electron chi connectivity index (χ2n) is 4.19. The maximum Gasteiger partial charge on any atom is 0.404 e. The van der Waals surface area contributed by atoms with Crippen molar-refractivity contribution >= 4 is 6.09 Å². The van der Waals surface area contributed by atoms with Crippen molar-refractivity contribution < 1.29 is 14.3 Å². The number of nitrogens with two attached hydrogens (primary N) is 1. The molecule has 0 bridgehead atoms. The lowest BCUT2D eigenvalue weighted by molar-refractivity contribution is 0.00822. The number of primary amides is 1. The second-order valence-corrected chi connectivity index (χ2v) is 4.19. The molecule has 0 aromatic heterocycles. The molecule has 0 heterocycles. The molecule has 0 spiro atoms. The molecule has 0 aliphatic heterocycles. The van der Waals surface area contributed by atoms with Gasteiger partial charge in [-0.25, -0.2) is 4.79 Å². The van der Waals surface area contributed by atoms with Crippen LogP contribution in [-0.2, 0) is 9.47 Å². The Balaban J connectivity index is 3.57. The highest BCUT2D eigenvalue weighted by Gasteiger charge is 2.19. The number of hydrogen-bond donors (Lipinski definition) is 2. The maximum absolute atomic E-state index is 10.3. The zero-order valence-electron chi connectivity index (χ0n) is 10.0.